The summed E-state index contributed by atoms with van der Waals surface area (Å²) in [5.74, 6) is -0.339. The quantitative estimate of drug-likeness (QED) is 0.537. The lowest BCUT2D eigenvalue weighted by atomic mass is 10.0. The van der Waals surface area contributed by atoms with Crippen molar-refractivity contribution in [1.29, 1.82) is 0 Å². The summed E-state index contributed by atoms with van der Waals surface area (Å²) in [6.07, 6.45) is 1.68. The van der Waals surface area contributed by atoms with Crippen LogP contribution < -0.4 is 5.32 Å². The number of hydrogen-bond acceptors (Lipinski definition) is 4. The summed E-state index contributed by atoms with van der Waals surface area (Å²) in [5, 5.41) is 8.00. The number of pyridine rings is 1. The number of rotatable bonds is 6. The van der Waals surface area contributed by atoms with Crippen LogP contribution in [-0.4, -0.2) is 45.1 Å². The van der Waals surface area contributed by atoms with Gasteiger partial charge in [0.2, 0.25) is 5.91 Å². The van der Waals surface area contributed by atoms with Gasteiger partial charge < -0.3 is 10.2 Å². The zero-order valence-corrected chi connectivity index (χ0v) is 20.3. The topological polar surface area (TPSA) is 80.1 Å². The van der Waals surface area contributed by atoms with Crippen molar-refractivity contribution < 1.29 is 9.59 Å². The van der Waals surface area contributed by atoms with Gasteiger partial charge in [-0.05, 0) is 56.5 Å². The number of fused-ring (bicyclic) bond motifs is 1. The molecule has 0 saturated heterocycles. The van der Waals surface area contributed by atoms with Crippen LogP contribution in [0.5, 0.6) is 0 Å². The molecule has 0 bridgehead atoms. The number of hydrogen-bond donors (Lipinski definition) is 1. The predicted molar refractivity (Wildman–Crippen MR) is 126 cm³/mol. The lowest BCUT2D eigenvalue weighted by Crippen LogP contribution is -2.35. The van der Waals surface area contributed by atoms with Crippen LogP contribution in [0.1, 0.15) is 61.3 Å². The van der Waals surface area contributed by atoms with Gasteiger partial charge in [0.25, 0.3) is 5.91 Å². The SMILES string of the molecule is Cc1cc(Br)ccc1NC(=O)CN(C)C(=O)c1cc(C(C)C)nc2c1cnn2C(C)C. The average Bonchev–Trinajstić information content (AvgIpc) is 3.13. The van der Waals surface area contributed by atoms with Crippen LogP contribution in [0.4, 0.5) is 5.69 Å². The summed E-state index contributed by atoms with van der Waals surface area (Å²) in [6.45, 7) is 9.99. The Hall–Kier alpha value is -2.74. The van der Waals surface area contributed by atoms with Crippen molar-refractivity contribution in [3.8, 4) is 0 Å². The zero-order valence-electron chi connectivity index (χ0n) is 18.7. The third-order valence-corrected chi connectivity index (χ3v) is 5.58. The molecule has 0 aliphatic carbocycles. The fourth-order valence-corrected chi connectivity index (χ4v) is 3.81. The first-order valence-electron chi connectivity index (χ1n) is 10.3. The maximum atomic E-state index is 13.3. The molecule has 0 aliphatic rings. The second kappa shape index (κ2) is 9.18. The van der Waals surface area contributed by atoms with Gasteiger partial charge in [0.1, 0.15) is 0 Å². The number of nitrogens with one attached hydrogen (secondary N) is 1. The number of anilines is 1. The summed E-state index contributed by atoms with van der Waals surface area (Å²) < 4.78 is 2.76. The minimum atomic E-state index is -0.256. The molecular weight excluding hydrogens is 458 g/mol. The van der Waals surface area contributed by atoms with E-state index in [9.17, 15) is 9.59 Å². The first-order valence-corrected chi connectivity index (χ1v) is 11.1. The third kappa shape index (κ3) is 4.95. The van der Waals surface area contributed by atoms with Crippen LogP contribution in [0.3, 0.4) is 0 Å². The van der Waals surface area contributed by atoms with Crippen LogP contribution in [0.25, 0.3) is 11.0 Å². The fourth-order valence-electron chi connectivity index (χ4n) is 3.34. The van der Waals surface area contributed by atoms with Crippen LogP contribution in [0.2, 0.25) is 0 Å². The average molecular weight is 486 g/mol. The molecule has 2 amide bonds. The van der Waals surface area contributed by atoms with E-state index in [1.54, 1.807) is 13.2 Å². The number of likely N-dealkylation sites (N-methyl/N-ethyl adjacent to an activating group) is 1. The minimum absolute atomic E-state index is 0.0620. The normalized spacial score (nSPS) is 11.4. The van der Waals surface area contributed by atoms with Gasteiger partial charge >= 0.3 is 0 Å². The van der Waals surface area contributed by atoms with E-state index in [0.29, 0.717) is 16.6 Å². The van der Waals surface area contributed by atoms with Crippen LogP contribution in [0, 0.1) is 6.92 Å². The molecule has 2 aromatic heterocycles. The van der Waals surface area contributed by atoms with Crippen molar-refractivity contribution in [1.82, 2.24) is 19.7 Å². The second-order valence-electron chi connectivity index (χ2n) is 8.34. The van der Waals surface area contributed by atoms with E-state index in [2.05, 4.69) is 26.3 Å². The van der Waals surface area contributed by atoms with Gasteiger partial charge in [-0.2, -0.15) is 5.10 Å². The molecule has 31 heavy (non-hydrogen) atoms. The first-order chi connectivity index (χ1) is 14.6. The molecular formula is C23H28BrN5O2. The molecule has 0 fully saturated rings. The van der Waals surface area contributed by atoms with Gasteiger partial charge in [0, 0.05) is 28.9 Å². The zero-order chi connectivity index (χ0) is 22.9. The highest BCUT2D eigenvalue weighted by Gasteiger charge is 2.22. The molecule has 8 heteroatoms. The molecule has 3 rings (SSSR count). The van der Waals surface area contributed by atoms with Gasteiger partial charge in [-0.15, -0.1) is 0 Å². The Morgan fingerprint density at radius 1 is 1.19 bits per heavy atom. The number of halogens is 1. The Labute approximate surface area is 191 Å². The molecule has 0 atom stereocenters. The molecule has 0 saturated carbocycles. The Kier molecular flexibility index (Phi) is 6.79. The summed E-state index contributed by atoms with van der Waals surface area (Å²) in [4.78, 5) is 32.0. The number of aromatic nitrogens is 3. The fraction of sp³-hybridized carbons (Fsp3) is 0.391. The smallest absolute Gasteiger partial charge is 0.254 e. The van der Waals surface area contributed by atoms with Gasteiger partial charge in [0.15, 0.2) is 5.65 Å². The standard InChI is InChI=1S/C23H28BrN5O2/c1-13(2)20-10-17(18-11-25-29(14(3)4)22(18)27-20)23(31)28(6)12-21(30)26-19-8-7-16(24)9-15(19)5/h7-11,13-14H,12H2,1-6H3,(H,26,30). The summed E-state index contributed by atoms with van der Waals surface area (Å²) in [5.41, 5.74) is 3.68. The Bertz CT molecular complexity index is 1140. The monoisotopic (exact) mass is 485 g/mol. The largest absolute Gasteiger partial charge is 0.332 e. The van der Waals surface area contributed by atoms with Gasteiger partial charge in [-0.25, -0.2) is 9.67 Å². The highest BCUT2D eigenvalue weighted by molar-refractivity contribution is 9.10. The van der Waals surface area contributed by atoms with E-state index >= 15 is 0 Å². The summed E-state index contributed by atoms with van der Waals surface area (Å²) in [6, 6.07) is 7.56. The van der Waals surface area contributed by atoms with Crippen LogP contribution >= 0.6 is 15.9 Å². The third-order valence-electron chi connectivity index (χ3n) is 5.09. The highest BCUT2D eigenvalue weighted by Crippen LogP contribution is 2.25. The maximum Gasteiger partial charge on any atom is 0.254 e. The van der Waals surface area contributed by atoms with E-state index in [1.165, 1.54) is 4.90 Å². The Balaban J connectivity index is 1.86. The predicted octanol–water partition coefficient (Wildman–Crippen LogP) is 4.92. The number of aryl methyl sites for hydroxylation is 1. The van der Waals surface area contributed by atoms with Crippen molar-refractivity contribution in [2.75, 3.05) is 18.9 Å². The molecule has 3 aromatic rings. The molecule has 0 unspecified atom stereocenters. The molecule has 7 nitrogen and oxygen atoms in total. The summed E-state index contributed by atoms with van der Waals surface area (Å²) >= 11 is 3.42. The van der Waals surface area contributed by atoms with Gasteiger partial charge in [-0.1, -0.05) is 29.8 Å². The maximum absolute atomic E-state index is 13.3. The molecule has 0 spiro atoms. The lowest BCUT2D eigenvalue weighted by Gasteiger charge is -2.19. The van der Waals surface area contributed by atoms with E-state index in [1.807, 2.05) is 63.6 Å². The molecule has 164 valence electrons. The van der Waals surface area contributed by atoms with E-state index in [-0.39, 0.29) is 30.3 Å². The number of carbonyl (C=O) groups excluding carboxylic acids is 2. The number of benzene rings is 1. The number of amides is 2. The molecule has 2 heterocycles. The van der Waals surface area contributed by atoms with Crippen molar-refractivity contribution in [3.63, 3.8) is 0 Å². The van der Waals surface area contributed by atoms with Gasteiger partial charge in [-0.3, -0.25) is 9.59 Å². The van der Waals surface area contributed by atoms with Crippen molar-refractivity contribution in [3.05, 3.63) is 51.8 Å². The number of carbonyl (C=O) groups is 2. The van der Waals surface area contributed by atoms with Crippen LogP contribution in [-0.2, 0) is 4.79 Å². The van der Waals surface area contributed by atoms with E-state index < -0.39 is 0 Å². The first kappa shape index (κ1) is 22.9. The lowest BCUT2D eigenvalue weighted by molar-refractivity contribution is -0.116. The van der Waals surface area contributed by atoms with Crippen molar-refractivity contribution in [2.24, 2.45) is 0 Å². The second-order valence-corrected chi connectivity index (χ2v) is 9.25. The Morgan fingerprint density at radius 3 is 2.52 bits per heavy atom. The van der Waals surface area contributed by atoms with Crippen LogP contribution in [0.15, 0.2) is 34.9 Å². The van der Waals surface area contributed by atoms with E-state index in [4.69, 9.17) is 4.98 Å². The minimum Gasteiger partial charge on any atom is -0.332 e. The summed E-state index contributed by atoms with van der Waals surface area (Å²) in [7, 11) is 1.63. The molecule has 0 aliphatic heterocycles. The van der Waals surface area contributed by atoms with Gasteiger partial charge in [0.05, 0.1) is 23.7 Å². The highest BCUT2D eigenvalue weighted by atomic mass is 79.9. The molecule has 0 radical (unpaired) electrons. The Morgan fingerprint density at radius 2 is 1.90 bits per heavy atom. The van der Waals surface area contributed by atoms with E-state index in [0.717, 1.165) is 21.4 Å². The molecule has 1 aromatic carbocycles. The molecule has 1 N–H and O–H groups in total. The number of nitrogens with zero attached hydrogens (tertiary/aromatic N) is 4. The van der Waals surface area contributed by atoms with Crippen molar-refractivity contribution >= 4 is 44.5 Å². The van der Waals surface area contributed by atoms with Crippen molar-refractivity contribution in [2.45, 2.75) is 46.6 Å².